The SMILES string of the molecule is Cc1c(Cc2ccc(S(C)(=O)=O)cc2)c(OC(F)F)nc2c(Cl)ccc(OCC(=O)O)c12. The zero-order valence-corrected chi connectivity index (χ0v) is 18.5. The first-order valence-corrected chi connectivity index (χ1v) is 11.4. The molecule has 1 aromatic heterocycles. The monoisotopic (exact) mass is 485 g/mol. The molecule has 0 amide bonds. The molecule has 1 N–H and O–H groups in total. The molecule has 1 heterocycles. The molecule has 3 aromatic rings. The van der Waals surface area contributed by atoms with E-state index in [0.29, 0.717) is 22.1 Å². The van der Waals surface area contributed by atoms with Crippen LogP contribution in [0.1, 0.15) is 16.7 Å². The zero-order valence-electron chi connectivity index (χ0n) is 16.9. The minimum Gasteiger partial charge on any atom is -0.481 e. The predicted octanol–water partition coefficient (Wildman–Crippen LogP) is 4.26. The summed E-state index contributed by atoms with van der Waals surface area (Å²) in [6, 6.07) is 8.85. The van der Waals surface area contributed by atoms with E-state index >= 15 is 0 Å². The highest BCUT2D eigenvalue weighted by atomic mass is 35.5. The smallest absolute Gasteiger partial charge is 0.388 e. The molecule has 0 radical (unpaired) electrons. The molecule has 0 fully saturated rings. The normalized spacial score (nSPS) is 11.7. The van der Waals surface area contributed by atoms with Crippen molar-refractivity contribution >= 4 is 38.3 Å². The molecular formula is C21H18ClF2NO6S. The Morgan fingerprint density at radius 1 is 1.19 bits per heavy atom. The summed E-state index contributed by atoms with van der Waals surface area (Å²) in [5, 5.41) is 9.44. The Hall–Kier alpha value is -2.98. The van der Waals surface area contributed by atoms with Crippen LogP contribution < -0.4 is 9.47 Å². The van der Waals surface area contributed by atoms with Crippen LogP contribution in [0.3, 0.4) is 0 Å². The number of pyridine rings is 1. The van der Waals surface area contributed by atoms with Crippen molar-refractivity contribution in [1.29, 1.82) is 0 Å². The Balaban J connectivity index is 2.16. The number of aromatic nitrogens is 1. The molecule has 0 aliphatic heterocycles. The molecule has 0 aliphatic rings. The largest absolute Gasteiger partial charge is 0.481 e. The van der Waals surface area contributed by atoms with E-state index in [4.69, 9.17) is 21.4 Å². The number of rotatable bonds is 8. The van der Waals surface area contributed by atoms with E-state index in [1.165, 1.54) is 24.3 Å². The van der Waals surface area contributed by atoms with Crippen LogP contribution in [0, 0.1) is 6.92 Å². The summed E-state index contributed by atoms with van der Waals surface area (Å²) in [7, 11) is -3.39. The maximum absolute atomic E-state index is 13.1. The molecule has 7 nitrogen and oxygen atoms in total. The fraction of sp³-hybridized carbons (Fsp3) is 0.238. The summed E-state index contributed by atoms with van der Waals surface area (Å²) < 4.78 is 59.5. The second kappa shape index (κ2) is 9.25. The van der Waals surface area contributed by atoms with E-state index in [9.17, 15) is 22.0 Å². The second-order valence-corrected chi connectivity index (χ2v) is 9.37. The predicted molar refractivity (Wildman–Crippen MR) is 114 cm³/mol. The van der Waals surface area contributed by atoms with Gasteiger partial charge < -0.3 is 14.6 Å². The van der Waals surface area contributed by atoms with Gasteiger partial charge in [0.15, 0.2) is 16.4 Å². The molecule has 0 atom stereocenters. The Bertz CT molecular complexity index is 1280. The van der Waals surface area contributed by atoms with E-state index in [2.05, 4.69) is 9.72 Å². The van der Waals surface area contributed by atoms with E-state index in [1.807, 2.05) is 0 Å². The van der Waals surface area contributed by atoms with Crippen LogP contribution in [0.15, 0.2) is 41.3 Å². The Labute approximate surface area is 187 Å². The third-order valence-corrected chi connectivity index (χ3v) is 6.11. The topological polar surface area (TPSA) is 103 Å². The molecule has 3 rings (SSSR count). The number of aliphatic carboxylic acids is 1. The highest BCUT2D eigenvalue weighted by molar-refractivity contribution is 7.90. The molecule has 0 saturated heterocycles. The number of nitrogens with zero attached hydrogens (tertiary/aromatic N) is 1. The first-order valence-electron chi connectivity index (χ1n) is 9.17. The number of benzene rings is 2. The van der Waals surface area contributed by atoms with E-state index < -0.39 is 29.0 Å². The third kappa shape index (κ3) is 5.25. The molecule has 2 aromatic carbocycles. The van der Waals surface area contributed by atoms with Crippen molar-refractivity contribution in [2.24, 2.45) is 0 Å². The molecule has 170 valence electrons. The third-order valence-electron chi connectivity index (χ3n) is 4.67. The fourth-order valence-corrected chi connectivity index (χ4v) is 4.04. The van der Waals surface area contributed by atoms with E-state index in [0.717, 1.165) is 6.26 Å². The van der Waals surface area contributed by atoms with Crippen molar-refractivity contribution in [3.05, 3.63) is 58.1 Å². The first kappa shape index (κ1) is 23.7. The summed E-state index contributed by atoms with van der Waals surface area (Å²) in [5.41, 5.74) is 1.50. The Kier molecular flexibility index (Phi) is 6.85. The average Bonchev–Trinajstić information content (AvgIpc) is 2.70. The highest BCUT2D eigenvalue weighted by Crippen LogP contribution is 2.38. The van der Waals surface area contributed by atoms with Gasteiger partial charge in [0, 0.05) is 23.6 Å². The number of ether oxygens (including phenoxy) is 2. The molecule has 0 bridgehead atoms. The minimum absolute atomic E-state index is 0.0890. The van der Waals surface area contributed by atoms with Gasteiger partial charge in [-0.1, -0.05) is 23.7 Å². The quantitative estimate of drug-likeness (QED) is 0.508. The van der Waals surface area contributed by atoms with Crippen molar-refractivity contribution in [2.75, 3.05) is 12.9 Å². The summed E-state index contributed by atoms with van der Waals surface area (Å²) in [6.45, 7) is -2.13. The lowest BCUT2D eigenvalue weighted by Crippen LogP contribution is -2.11. The number of hydrogen-bond acceptors (Lipinski definition) is 6. The summed E-state index contributed by atoms with van der Waals surface area (Å²) >= 11 is 6.21. The van der Waals surface area contributed by atoms with Crippen LogP contribution in [-0.2, 0) is 21.1 Å². The molecular weight excluding hydrogens is 468 g/mol. The van der Waals surface area contributed by atoms with Gasteiger partial charge in [-0.2, -0.15) is 8.78 Å². The van der Waals surface area contributed by atoms with Crippen LogP contribution in [0.25, 0.3) is 10.9 Å². The number of alkyl halides is 2. The summed E-state index contributed by atoms with van der Waals surface area (Å²) in [4.78, 5) is 15.2. The standard InChI is InChI=1S/C21H18ClF2NO6S/c1-11-14(9-12-3-5-13(6-4-12)32(2,28)29)20(31-21(23)24)25-19-15(22)7-8-16(18(11)19)30-10-17(26)27/h3-8,21H,9-10H2,1-2H3,(H,26,27). The van der Waals surface area contributed by atoms with Gasteiger partial charge in [-0.3, -0.25) is 0 Å². The summed E-state index contributed by atoms with van der Waals surface area (Å²) in [6.07, 6.45) is 1.17. The van der Waals surface area contributed by atoms with Crippen LogP contribution in [0.4, 0.5) is 8.78 Å². The molecule has 0 spiro atoms. The van der Waals surface area contributed by atoms with Crippen LogP contribution in [0.5, 0.6) is 11.6 Å². The lowest BCUT2D eigenvalue weighted by Gasteiger charge is -2.18. The number of halogens is 3. The fourth-order valence-electron chi connectivity index (χ4n) is 3.21. The number of fused-ring (bicyclic) bond motifs is 1. The number of carboxylic acids is 1. The maximum atomic E-state index is 13.1. The Morgan fingerprint density at radius 2 is 1.84 bits per heavy atom. The van der Waals surface area contributed by atoms with Crippen LogP contribution in [-0.4, -0.2) is 44.0 Å². The number of sulfone groups is 1. The highest BCUT2D eigenvalue weighted by Gasteiger charge is 2.21. The van der Waals surface area contributed by atoms with Crippen molar-refractivity contribution in [3.8, 4) is 11.6 Å². The van der Waals surface area contributed by atoms with Gasteiger partial charge in [0.25, 0.3) is 0 Å². The minimum atomic E-state index is -3.39. The number of carboxylic acid groups (broad SMARTS) is 1. The van der Waals surface area contributed by atoms with Gasteiger partial charge in [0.1, 0.15) is 5.75 Å². The van der Waals surface area contributed by atoms with Crippen molar-refractivity contribution in [3.63, 3.8) is 0 Å². The molecule has 0 unspecified atom stereocenters. The second-order valence-electron chi connectivity index (χ2n) is 6.94. The van der Waals surface area contributed by atoms with Gasteiger partial charge in [-0.15, -0.1) is 0 Å². The van der Waals surface area contributed by atoms with Crippen LogP contribution >= 0.6 is 11.6 Å². The number of hydrogen-bond donors (Lipinski definition) is 1. The van der Waals surface area contributed by atoms with Crippen LogP contribution in [0.2, 0.25) is 5.02 Å². The lowest BCUT2D eigenvalue weighted by atomic mass is 9.98. The molecule has 0 saturated carbocycles. The molecule has 11 heteroatoms. The van der Waals surface area contributed by atoms with E-state index in [1.54, 1.807) is 19.1 Å². The van der Waals surface area contributed by atoms with Gasteiger partial charge in [0.2, 0.25) is 5.88 Å². The maximum Gasteiger partial charge on any atom is 0.388 e. The lowest BCUT2D eigenvalue weighted by molar-refractivity contribution is -0.139. The van der Waals surface area contributed by atoms with Crippen molar-refractivity contribution in [2.45, 2.75) is 24.9 Å². The molecule has 32 heavy (non-hydrogen) atoms. The number of carbonyl (C=O) groups is 1. The van der Waals surface area contributed by atoms with Gasteiger partial charge >= 0.3 is 12.6 Å². The van der Waals surface area contributed by atoms with Gasteiger partial charge in [-0.25, -0.2) is 18.2 Å². The van der Waals surface area contributed by atoms with Gasteiger partial charge in [-0.05, 0) is 42.3 Å². The van der Waals surface area contributed by atoms with E-state index in [-0.39, 0.29) is 33.5 Å². The number of aryl methyl sites for hydroxylation is 1. The Morgan fingerprint density at radius 3 is 2.41 bits per heavy atom. The van der Waals surface area contributed by atoms with Crippen molar-refractivity contribution in [1.82, 2.24) is 4.98 Å². The zero-order chi connectivity index (χ0) is 23.6. The molecule has 0 aliphatic carbocycles. The summed E-state index contributed by atoms with van der Waals surface area (Å²) in [5.74, 6) is -1.36. The average molecular weight is 486 g/mol. The van der Waals surface area contributed by atoms with Crippen molar-refractivity contribution < 1.29 is 36.6 Å². The van der Waals surface area contributed by atoms with Gasteiger partial charge in [0.05, 0.1) is 15.4 Å². The first-order chi connectivity index (χ1) is 15.0.